The fourth-order valence-electron chi connectivity index (χ4n) is 3.54. The van der Waals surface area contributed by atoms with Crippen LogP contribution in [-0.2, 0) is 18.2 Å². The highest BCUT2D eigenvalue weighted by Crippen LogP contribution is 2.33. The Balaban J connectivity index is 1.73. The van der Waals surface area contributed by atoms with Gasteiger partial charge in [0.15, 0.2) is 5.78 Å². The van der Waals surface area contributed by atoms with Gasteiger partial charge in [-0.1, -0.05) is 30.3 Å². The van der Waals surface area contributed by atoms with Crippen molar-refractivity contribution in [3.63, 3.8) is 0 Å². The number of thiophene rings is 1. The molecule has 7 heteroatoms. The first-order valence-corrected chi connectivity index (χ1v) is 11.6. The van der Waals surface area contributed by atoms with E-state index >= 15 is 0 Å². The molecule has 0 saturated heterocycles. The lowest BCUT2D eigenvalue weighted by molar-refractivity contribution is 0.0516. The summed E-state index contributed by atoms with van der Waals surface area (Å²) in [5.74, 6) is 0.0402. The zero-order valence-electron chi connectivity index (χ0n) is 19.3. The Hall–Kier alpha value is -2.93. The van der Waals surface area contributed by atoms with Crippen LogP contribution in [0.15, 0.2) is 48.7 Å². The standard InChI is InChI=1S/C25H31N3O3S/c1-17-13-22(32-23(17)20-11-12-27-28(20)5)21(29)15-19(14-18-9-7-6-8-10-18)16-26-24(30)31-25(2,3)4/h6-13,19H,14-16H2,1-5H3,(H,26,30). The number of hydrogen-bond acceptors (Lipinski definition) is 5. The van der Waals surface area contributed by atoms with Crippen molar-refractivity contribution in [2.24, 2.45) is 13.0 Å². The van der Waals surface area contributed by atoms with Crippen molar-refractivity contribution in [2.75, 3.05) is 6.54 Å². The summed E-state index contributed by atoms with van der Waals surface area (Å²) in [5, 5.41) is 7.08. The van der Waals surface area contributed by atoms with Gasteiger partial charge in [-0.05, 0) is 63.3 Å². The fourth-order valence-corrected chi connectivity index (χ4v) is 4.72. The number of carbonyl (C=O) groups is 2. The second-order valence-corrected chi connectivity index (χ2v) is 10.1. The number of Topliss-reactive ketones (excluding diaryl/α,β-unsaturated/α-hetero) is 1. The third-order valence-electron chi connectivity index (χ3n) is 5.02. The average Bonchev–Trinajstić information content (AvgIpc) is 3.30. The van der Waals surface area contributed by atoms with E-state index in [1.165, 1.54) is 11.3 Å². The number of aromatic nitrogens is 2. The molecule has 1 amide bonds. The van der Waals surface area contributed by atoms with Gasteiger partial charge in [0.2, 0.25) is 0 Å². The monoisotopic (exact) mass is 453 g/mol. The second kappa shape index (κ2) is 10.1. The number of amides is 1. The highest BCUT2D eigenvalue weighted by molar-refractivity contribution is 7.17. The summed E-state index contributed by atoms with van der Waals surface area (Å²) >= 11 is 1.50. The third kappa shape index (κ3) is 6.53. The highest BCUT2D eigenvalue weighted by atomic mass is 32.1. The van der Waals surface area contributed by atoms with Crippen LogP contribution in [0.3, 0.4) is 0 Å². The molecule has 0 bridgehead atoms. The Kier molecular flexibility index (Phi) is 7.51. The number of nitrogens with one attached hydrogen (secondary N) is 1. The molecule has 6 nitrogen and oxygen atoms in total. The number of aryl methyl sites for hydroxylation is 2. The molecule has 0 aliphatic carbocycles. The minimum Gasteiger partial charge on any atom is -0.444 e. The minimum atomic E-state index is -0.564. The van der Waals surface area contributed by atoms with Gasteiger partial charge >= 0.3 is 6.09 Å². The van der Waals surface area contributed by atoms with Crippen molar-refractivity contribution in [1.82, 2.24) is 15.1 Å². The van der Waals surface area contributed by atoms with E-state index in [0.29, 0.717) is 19.4 Å². The normalized spacial score (nSPS) is 12.4. The van der Waals surface area contributed by atoms with E-state index in [4.69, 9.17) is 4.74 Å². The molecule has 2 heterocycles. The summed E-state index contributed by atoms with van der Waals surface area (Å²) < 4.78 is 7.17. The van der Waals surface area contributed by atoms with Gasteiger partial charge in [0.25, 0.3) is 0 Å². The molecule has 1 N–H and O–H groups in total. The molecule has 2 aromatic heterocycles. The number of nitrogens with zero attached hydrogens (tertiary/aromatic N) is 2. The molecule has 3 rings (SSSR count). The number of alkyl carbamates (subject to hydrolysis) is 1. The Bertz CT molecular complexity index is 1060. The van der Waals surface area contributed by atoms with E-state index in [1.807, 2.05) is 81.9 Å². The molecule has 0 spiro atoms. The van der Waals surface area contributed by atoms with Crippen LogP contribution in [0.2, 0.25) is 0 Å². The molecule has 3 aromatic rings. The summed E-state index contributed by atoms with van der Waals surface area (Å²) in [6.45, 7) is 7.87. The van der Waals surface area contributed by atoms with Crippen LogP contribution in [0.5, 0.6) is 0 Å². The number of ether oxygens (including phenoxy) is 1. The van der Waals surface area contributed by atoms with E-state index in [0.717, 1.165) is 26.6 Å². The number of ketones is 1. The molecule has 0 aliphatic heterocycles. The van der Waals surface area contributed by atoms with E-state index in [2.05, 4.69) is 10.4 Å². The number of carbonyl (C=O) groups excluding carboxylic acids is 2. The number of benzene rings is 1. The first-order chi connectivity index (χ1) is 15.1. The van der Waals surface area contributed by atoms with E-state index in [9.17, 15) is 9.59 Å². The SMILES string of the molecule is Cc1cc(C(=O)CC(CNC(=O)OC(C)(C)C)Cc2ccccc2)sc1-c1ccnn1C. The van der Waals surface area contributed by atoms with Gasteiger partial charge in [-0.15, -0.1) is 11.3 Å². The smallest absolute Gasteiger partial charge is 0.407 e. The predicted molar refractivity (Wildman–Crippen MR) is 128 cm³/mol. The van der Waals surface area contributed by atoms with Gasteiger partial charge in [-0.3, -0.25) is 9.48 Å². The zero-order valence-corrected chi connectivity index (χ0v) is 20.2. The largest absolute Gasteiger partial charge is 0.444 e. The average molecular weight is 454 g/mol. The van der Waals surface area contributed by atoms with Crippen molar-refractivity contribution in [2.45, 2.75) is 46.1 Å². The van der Waals surface area contributed by atoms with Crippen LogP contribution in [0.4, 0.5) is 4.79 Å². The summed E-state index contributed by atoms with van der Waals surface area (Å²) in [6, 6.07) is 13.9. The number of hydrogen-bond donors (Lipinski definition) is 1. The maximum Gasteiger partial charge on any atom is 0.407 e. The van der Waals surface area contributed by atoms with Gasteiger partial charge in [0.1, 0.15) is 5.60 Å². The van der Waals surface area contributed by atoms with Crippen LogP contribution >= 0.6 is 11.3 Å². The Morgan fingerprint density at radius 1 is 1.19 bits per heavy atom. The molecule has 170 valence electrons. The maximum absolute atomic E-state index is 13.2. The molecule has 1 aromatic carbocycles. The van der Waals surface area contributed by atoms with Crippen LogP contribution in [0, 0.1) is 12.8 Å². The highest BCUT2D eigenvalue weighted by Gasteiger charge is 2.22. The molecule has 0 fully saturated rings. The lowest BCUT2D eigenvalue weighted by Gasteiger charge is -2.22. The van der Waals surface area contributed by atoms with E-state index < -0.39 is 11.7 Å². The first kappa shape index (κ1) is 23.7. The Labute approximate surface area is 193 Å². The molecule has 1 atom stereocenters. The second-order valence-electron chi connectivity index (χ2n) is 9.03. The molecule has 32 heavy (non-hydrogen) atoms. The van der Waals surface area contributed by atoms with Crippen LogP contribution in [0.1, 0.15) is 48.0 Å². The minimum absolute atomic E-state index is 0.0417. The summed E-state index contributed by atoms with van der Waals surface area (Å²) in [6.07, 6.45) is 2.33. The van der Waals surface area contributed by atoms with Gasteiger partial charge < -0.3 is 10.1 Å². The van der Waals surface area contributed by atoms with E-state index in [1.54, 1.807) is 6.20 Å². The van der Waals surface area contributed by atoms with Crippen LogP contribution < -0.4 is 5.32 Å². The predicted octanol–water partition coefficient (Wildman–Crippen LogP) is 5.41. The van der Waals surface area contributed by atoms with Crippen molar-refractivity contribution < 1.29 is 14.3 Å². The van der Waals surface area contributed by atoms with Crippen LogP contribution in [-0.4, -0.2) is 33.8 Å². The topological polar surface area (TPSA) is 73.2 Å². The maximum atomic E-state index is 13.2. The van der Waals surface area contributed by atoms with Crippen LogP contribution in [0.25, 0.3) is 10.6 Å². The Morgan fingerprint density at radius 3 is 2.53 bits per heavy atom. The van der Waals surface area contributed by atoms with Gasteiger partial charge in [-0.25, -0.2) is 4.79 Å². The molecular weight excluding hydrogens is 422 g/mol. The Morgan fingerprint density at radius 2 is 1.91 bits per heavy atom. The summed E-state index contributed by atoms with van der Waals surface area (Å²) in [4.78, 5) is 27.1. The van der Waals surface area contributed by atoms with Crippen molar-refractivity contribution in [1.29, 1.82) is 0 Å². The van der Waals surface area contributed by atoms with Gasteiger partial charge in [0, 0.05) is 26.2 Å². The lowest BCUT2D eigenvalue weighted by Crippen LogP contribution is -2.36. The van der Waals surface area contributed by atoms with Crippen molar-refractivity contribution in [3.8, 4) is 10.6 Å². The molecule has 0 aliphatic rings. The van der Waals surface area contributed by atoms with E-state index in [-0.39, 0.29) is 11.7 Å². The lowest BCUT2D eigenvalue weighted by atomic mass is 9.93. The fraction of sp³-hybridized carbons (Fsp3) is 0.400. The van der Waals surface area contributed by atoms with Gasteiger partial charge in [0.05, 0.1) is 15.4 Å². The molecule has 0 radical (unpaired) electrons. The summed E-state index contributed by atoms with van der Waals surface area (Å²) in [5.41, 5.74) is 2.63. The molecular formula is C25H31N3O3S. The van der Waals surface area contributed by atoms with Crippen molar-refractivity contribution >= 4 is 23.2 Å². The van der Waals surface area contributed by atoms with Gasteiger partial charge in [-0.2, -0.15) is 5.10 Å². The quantitative estimate of drug-likeness (QED) is 0.463. The molecule has 1 unspecified atom stereocenters. The third-order valence-corrected chi connectivity index (χ3v) is 6.32. The number of rotatable bonds is 8. The first-order valence-electron chi connectivity index (χ1n) is 10.7. The van der Waals surface area contributed by atoms with Crippen molar-refractivity contribution in [3.05, 3.63) is 64.7 Å². The summed E-state index contributed by atoms with van der Waals surface area (Å²) in [7, 11) is 1.90. The zero-order chi connectivity index (χ0) is 23.3. The molecule has 0 saturated carbocycles.